The summed E-state index contributed by atoms with van der Waals surface area (Å²) in [5.74, 6) is 0.227. The van der Waals surface area contributed by atoms with Crippen molar-refractivity contribution in [3.8, 4) is 0 Å². The highest BCUT2D eigenvalue weighted by molar-refractivity contribution is 7.09. The smallest absolute Gasteiger partial charge is 0.329 e. The van der Waals surface area contributed by atoms with Crippen LogP contribution in [0.15, 0.2) is 5.38 Å². The van der Waals surface area contributed by atoms with Crippen molar-refractivity contribution in [3.63, 3.8) is 0 Å². The third-order valence-electron chi connectivity index (χ3n) is 2.19. The molecule has 0 spiro atoms. The zero-order valence-corrected chi connectivity index (χ0v) is 11.6. The number of carbonyl (C=O) groups is 1. The van der Waals surface area contributed by atoms with Crippen LogP contribution in [0.2, 0.25) is 0 Å². The molecule has 1 heterocycles. The van der Waals surface area contributed by atoms with Crippen LogP contribution in [0.1, 0.15) is 37.5 Å². The summed E-state index contributed by atoms with van der Waals surface area (Å²) in [6.45, 7) is 9.09. The number of hydrogen-bond acceptors (Lipinski definition) is 5. The Morgan fingerprint density at radius 1 is 1.59 bits per heavy atom. The minimum atomic E-state index is -0.442. The van der Waals surface area contributed by atoms with Gasteiger partial charge in [0.15, 0.2) is 0 Å². The number of nitrogens with zero attached hydrogens (tertiary/aromatic N) is 1. The normalized spacial score (nSPS) is 12.8. The van der Waals surface area contributed by atoms with Crippen LogP contribution >= 0.6 is 11.3 Å². The Bertz CT molecular complexity index is 363. The highest BCUT2D eigenvalue weighted by atomic mass is 32.1. The van der Waals surface area contributed by atoms with E-state index in [0.29, 0.717) is 12.5 Å². The topological polar surface area (TPSA) is 51.2 Å². The summed E-state index contributed by atoms with van der Waals surface area (Å²) in [6.07, 6.45) is 0. The van der Waals surface area contributed by atoms with Crippen molar-refractivity contribution in [1.82, 2.24) is 10.3 Å². The zero-order valence-electron chi connectivity index (χ0n) is 10.8. The van der Waals surface area contributed by atoms with Gasteiger partial charge in [-0.3, -0.25) is 5.32 Å². The van der Waals surface area contributed by atoms with Gasteiger partial charge >= 0.3 is 5.97 Å². The van der Waals surface area contributed by atoms with Gasteiger partial charge in [0.1, 0.15) is 6.04 Å². The molecule has 1 aromatic rings. The van der Waals surface area contributed by atoms with Gasteiger partial charge < -0.3 is 4.74 Å². The minimum absolute atomic E-state index is 0.251. The van der Waals surface area contributed by atoms with E-state index in [1.165, 1.54) is 0 Å². The van der Waals surface area contributed by atoms with E-state index in [1.807, 2.05) is 19.2 Å². The zero-order chi connectivity index (χ0) is 12.8. The molecule has 0 aliphatic heterocycles. The summed E-state index contributed by atoms with van der Waals surface area (Å²) in [4.78, 5) is 16.2. The van der Waals surface area contributed by atoms with E-state index in [4.69, 9.17) is 4.74 Å². The molecular weight excluding hydrogens is 236 g/mol. The summed E-state index contributed by atoms with van der Waals surface area (Å²) >= 11 is 1.54. The number of carbonyl (C=O) groups excluding carboxylic acids is 1. The van der Waals surface area contributed by atoms with E-state index in [1.54, 1.807) is 11.3 Å². The van der Waals surface area contributed by atoms with Crippen molar-refractivity contribution >= 4 is 17.3 Å². The maximum absolute atomic E-state index is 11.8. The monoisotopic (exact) mass is 256 g/mol. The van der Waals surface area contributed by atoms with E-state index in [9.17, 15) is 4.79 Å². The van der Waals surface area contributed by atoms with Gasteiger partial charge in [0, 0.05) is 5.38 Å². The van der Waals surface area contributed by atoms with E-state index in [-0.39, 0.29) is 5.97 Å². The van der Waals surface area contributed by atoms with Gasteiger partial charge in [0.05, 0.1) is 17.3 Å². The fourth-order valence-corrected chi connectivity index (χ4v) is 2.04. The Morgan fingerprint density at radius 2 is 2.29 bits per heavy atom. The van der Waals surface area contributed by atoms with Crippen molar-refractivity contribution < 1.29 is 9.53 Å². The van der Waals surface area contributed by atoms with Crippen molar-refractivity contribution in [2.45, 2.75) is 33.7 Å². The van der Waals surface area contributed by atoms with Gasteiger partial charge in [0.2, 0.25) is 0 Å². The Morgan fingerprint density at radius 3 is 2.76 bits per heavy atom. The van der Waals surface area contributed by atoms with Crippen LogP contribution in [0.5, 0.6) is 0 Å². The van der Waals surface area contributed by atoms with Gasteiger partial charge in [-0.05, 0) is 26.3 Å². The highest BCUT2D eigenvalue weighted by Gasteiger charge is 2.23. The molecule has 1 rings (SSSR count). The minimum Gasteiger partial charge on any atom is -0.465 e. The molecule has 1 atom stereocenters. The van der Waals surface area contributed by atoms with Gasteiger partial charge in [0.25, 0.3) is 0 Å². The lowest BCUT2D eigenvalue weighted by molar-refractivity contribution is -0.146. The van der Waals surface area contributed by atoms with Gasteiger partial charge in [-0.25, -0.2) is 9.78 Å². The second kappa shape index (κ2) is 6.71. The Kier molecular flexibility index (Phi) is 5.58. The number of aryl methyl sites for hydroxylation is 1. The molecule has 1 aromatic heterocycles. The third kappa shape index (κ3) is 4.44. The molecule has 0 aliphatic carbocycles. The lowest BCUT2D eigenvalue weighted by Gasteiger charge is -2.16. The molecular formula is C12H20N2O2S. The Balaban J connectivity index is 2.74. The molecule has 0 fully saturated rings. The summed E-state index contributed by atoms with van der Waals surface area (Å²) < 4.78 is 5.06. The summed E-state index contributed by atoms with van der Waals surface area (Å²) in [6, 6.07) is -0.442. The number of aromatic nitrogens is 1. The number of ether oxygens (including phenoxy) is 1. The molecule has 5 heteroatoms. The van der Waals surface area contributed by atoms with E-state index in [2.05, 4.69) is 24.1 Å². The van der Waals surface area contributed by atoms with Crippen LogP contribution in [0.4, 0.5) is 0 Å². The van der Waals surface area contributed by atoms with Crippen molar-refractivity contribution in [3.05, 3.63) is 16.1 Å². The molecule has 1 unspecified atom stereocenters. The van der Waals surface area contributed by atoms with Crippen molar-refractivity contribution in [1.29, 1.82) is 0 Å². The highest BCUT2D eigenvalue weighted by Crippen LogP contribution is 2.18. The van der Waals surface area contributed by atoms with Gasteiger partial charge in [-0.15, -0.1) is 11.3 Å². The van der Waals surface area contributed by atoms with Gasteiger partial charge in [-0.1, -0.05) is 13.8 Å². The van der Waals surface area contributed by atoms with E-state index < -0.39 is 6.04 Å². The fraction of sp³-hybridized carbons (Fsp3) is 0.667. The predicted molar refractivity (Wildman–Crippen MR) is 69.1 cm³/mol. The quantitative estimate of drug-likeness (QED) is 0.793. The lowest BCUT2D eigenvalue weighted by Crippen LogP contribution is -2.33. The van der Waals surface area contributed by atoms with E-state index in [0.717, 1.165) is 17.2 Å². The maximum atomic E-state index is 11.8. The number of thiazole rings is 1. The molecule has 0 aromatic carbocycles. The molecule has 96 valence electrons. The summed E-state index contributed by atoms with van der Waals surface area (Å²) in [5, 5.41) is 6.07. The lowest BCUT2D eigenvalue weighted by atomic mass is 10.2. The second-order valence-corrected chi connectivity index (χ2v) is 5.34. The first kappa shape index (κ1) is 14.1. The Hall–Kier alpha value is -0.940. The molecule has 0 radical (unpaired) electrons. The van der Waals surface area contributed by atoms with Crippen LogP contribution < -0.4 is 5.32 Å². The fourth-order valence-electron chi connectivity index (χ4n) is 1.40. The number of hydrogen-bond donors (Lipinski definition) is 1. The Labute approximate surface area is 106 Å². The first-order valence-electron chi connectivity index (χ1n) is 5.86. The van der Waals surface area contributed by atoms with Gasteiger partial charge in [-0.2, -0.15) is 0 Å². The SMILES string of the molecule is CCOC(=O)C(NCC(C)C)c1csc(C)n1. The molecule has 0 aliphatic rings. The molecule has 0 saturated carbocycles. The second-order valence-electron chi connectivity index (χ2n) is 4.28. The van der Waals surface area contributed by atoms with Crippen LogP contribution in [-0.2, 0) is 9.53 Å². The average Bonchev–Trinajstić information content (AvgIpc) is 2.65. The predicted octanol–water partition coefficient (Wildman–Crippen LogP) is 2.30. The van der Waals surface area contributed by atoms with Crippen LogP contribution in [0, 0.1) is 12.8 Å². The molecule has 4 nitrogen and oxygen atoms in total. The molecule has 0 bridgehead atoms. The average molecular weight is 256 g/mol. The van der Waals surface area contributed by atoms with E-state index >= 15 is 0 Å². The molecule has 0 saturated heterocycles. The summed E-state index contributed by atoms with van der Waals surface area (Å²) in [5.41, 5.74) is 0.756. The molecule has 0 amide bonds. The maximum Gasteiger partial charge on any atom is 0.329 e. The number of rotatable bonds is 6. The van der Waals surface area contributed by atoms with Crippen LogP contribution in [0.25, 0.3) is 0 Å². The van der Waals surface area contributed by atoms with Crippen LogP contribution in [-0.4, -0.2) is 24.1 Å². The van der Waals surface area contributed by atoms with Crippen LogP contribution in [0.3, 0.4) is 0 Å². The molecule has 17 heavy (non-hydrogen) atoms. The largest absolute Gasteiger partial charge is 0.465 e. The van der Waals surface area contributed by atoms with Crippen molar-refractivity contribution in [2.24, 2.45) is 5.92 Å². The summed E-state index contributed by atoms with van der Waals surface area (Å²) in [7, 11) is 0. The van der Waals surface area contributed by atoms with Crippen molar-refractivity contribution in [2.75, 3.05) is 13.2 Å². The standard InChI is InChI=1S/C12H20N2O2S/c1-5-16-12(15)11(13-6-8(2)3)10-7-17-9(4)14-10/h7-8,11,13H,5-6H2,1-4H3. The first-order valence-corrected chi connectivity index (χ1v) is 6.74. The third-order valence-corrected chi connectivity index (χ3v) is 2.98. The first-order chi connectivity index (χ1) is 8.04. The number of esters is 1. The molecule has 1 N–H and O–H groups in total. The number of nitrogens with one attached hydrogen (secondary N) is 1.